The van der Waals surface area contributed by atoms with Gasteiger partial charge in [-0.15, -0.1) is 0 Å². The van der Waals surface area contributed by atoms with Gasteiger partial charge in [-0.2, -0.15) is 0 Å². The molecule has 0 aliphatic heterocycles. The first-order valence-corrected chi connectivity index (χ1v) is 5.70. The summed E-state index contributed by atoms with van der Waals surface area (Å²) in [6.45, 7) is 2.21. The molecule has 2 aromatic rings. The Bertz CT molecular complexity index is 366. The van der Waals surface area contributed by atoms with Crippen LogP contribution in [0.1, 0.15) is 12.5 Å². The minimum atomic E-state index is 0.449. The van der Waals surface area contributed by atoms with Crippen LogP contribution in [0.5, 0.6) is 0 Å². The lowest BCUT2D eigenvalue weighted by Gasteiger charge is -2.15. The highest BCUT2D eigenvalue weighted by molar-refractivity contribution is 5.43. The first-order chi connectivity index (χ1) is 7.84. The SMILES string of the molecule is CC(Cc1ccccc1)Nc1ccccc1. The van der Waals surface area contributed by atoms with Crippen LogP contribution in [0, 0.1) is 0 Å². The number of anilines is 1. The van der Waals surface area contributed by atoms with Gasteiger partial charge in [0, 0.05) is 11.7 Å². The third-order valence-corrected chi connectivity index (χ3v) is 2.57. The zero-order valence-electron chi connectivity index (χ0n) is 9.56. The van der Waals surface area contributed by atoms with Crippen LogP contribution in [0.4, 0.5) is 5.69 Å². The van der Waals surface area contributed by atoms with E-state index in [0.717, 1.165) is 6.42 Å². The maximum absolute atomic E-state index is 3.49. The molecule has 1 heteroatoms. The summed E-state index contributed by atoms with van der Waals surface area (Å²) in [4.78, 5) is 0. The van der Waals surface area contributed by atoms with Gasteiger partial charge in [0.25, 0.3) is 0 Å². The molecule has 1 unspecified atom stereocenters. The van der Waals surface area contributed by atoms with Gasteiger partial charge in [0.2, 0.25) is 0 Å². The Labute approximate surface area is 97.1 Å². The molecule has 0 fully saturated rings. The molecule has 0 spiro atoms. The summed E-state index contributed by atoms with van der Waals surface area (Å²) >= 11 is 0. The van der Waals surface area contributed by atoms with Gasteiger partial charge >= 0.3 is 0 Å². The minimum Gasteiger partial charge on any atom is -0.382 e. The van der Waals surface area contributed by atoms with E-state index in [1.807, 2.05) is 6.07 Å². The Morgan fingerprint density at radius 1 is 0.875 bits per heavy atom. The monoisotopic (exact) mass is 211 g/mol. The zero-order chi connectivity index (χ0) is 11.2. The molecule has 1 nitrogen and oxygen atoms in total. The number of hydrogen-bond donors (Lipinski definition) is 1. The Hall–Kier alpha value is -1.76. The molecule has 16 heavy (non-hydrogen) atoms. The van der Waals surface area contributed by atoms with Gasteiger partial charge in [-0.1, -0.05) is 48.5 Å². The molecule has 0 heterocycles. The Morgan fingerprint density at radius 3 is 2.06 bits per heavy atom. The summed E-state index contributed by atoms with van der Waals surface area (Å²) in [7, 11) is 0. The lowest BCUT2D eigenvalue weighted by atomic mass is 10.1. The molecular formula is C15H17N. The third-order valence-electron chi connectivity index (χ3n) is 2.57. The molecule has 0 saturated carbocycles. The van der Waals surface area contributed by atoms with Gasteiger partial charge in [0.15, 0.2) is 0 Å². The highest BCUT2D eigenvalue weighted by Crippen LogP contribution is 2.10. The van der Waals surface area contributed by atoms with E-state index >= 15 is 0 Å². The van der Waals surface area contributed by atoms with Crippen LogP contribution >= 0.6 is 0 Å². The van der Waals surface area contributed by atoms with Gasteiger partial charge in [-0.3, -0.25) is 0 Å². The molecule has 1 N–H and O–H groups in total. The number of nitrogens with one attached hydrogen (secondary N) is 1. The van der Waals surface area contributed by atoms with Crippen molar-refractivity contribution in [2.45, 2.75) is 19.4 Å². The van der Waals surface area contributed by atoms with Crippen molar-refractivity contribution in [2.75, 3.05) is 5.32 Å². The van der Waals surface area contributed by atoms with Crippen LogP contribution in [0.2, 0.25) is 0 Å². The Balaban J connectivity index is 1.92. The molecule has 1 atom stereocenters. The quantitative estimate of drug-likeness (QED) is 0.812. The average molecular weight is 211 g/mol. The standard InChI is InChI=1S/C15H17N/c1-13(12-14-8-4-2-5-9-14)16-15-10-6-3-7-11-15/h2-11,13,16H,12H2,1H3. The van der Waals surface area contributed by atoms with Crippen molar-refractivity contribution < 1.29 is 0 Å². The summed E-state index contributed by atoms with van der Waals surface area (Å²) in [5, 5.41) is 3.49. The fraction of sp³-hybridized carbons (Fsp3) is 0.200. The predicted octanol–water partition coefficient (Wildman–Crippen LogP) is 3.73. The van der Waals surface area contributed by atoms with Crippen molar-refractivity contribution in [2.24, 2.45) is 0 Å². The summed E-state index contributed by atoms with van der Waals surface area (Å²) in [6, 6.07) is 21.4. The second-order valence-electron chi connectivity index (χ2n) is 4.10. The highest BCUT2D eigenvalue weighted by atomic mass is 14.9. The molecule has 0 aliphatic rings. The van der Waals surface area contributed by atoms with Crippen LogP contribution in [-0.2, 0) is 6.42 Å². The van der Waals surface area contributed by atoms with Crippen molar-refractivity contribution >= 4 is 5.69 Å². The second-order valence-corrected chi connectivity index (χ2v) is 4.10. The van der Waals surface area contributed by atoms with E-state index < -0.39 is 0 Å². The highest BCUT2D eigenvalue weighted by Gasteiger charge is 2.02. The summed E-state index contributed by atoms with van der Waals surface area (Å²) in [6.07, 6.45) is 1.05. The van der Waals surface area contributed by atoms with E-state index in [4.69, 9.17) is 0 Å². The van der Waals surface area contributed by atoms with E-state index in [9.17, 15) is 0 Å². The van der Waals surface area contributed by atoms with Crippen LogP contribution in [0.15, 0.2) is 60.7 Å². The van der Waals surface area contributed by atoms with E-state index in [1.54, 1.807) is 0 Å². The largest absolute Gasteiger partial charge is 0.382 e. The molecule has 0 saturated heterocycles. The molecule has 0 amide bonds. The number of hydrogen-bond acceptors (Lipinski definition) is 1. The van der Waals surface area contributed by atoms with Crippen LogP contribution in [0.3, 0.4) is 0 Å². The summed E-state index contributed by atoms with van der Waals surface area (Å²) < 4.78 is 0. The summed E-state index contributed by atoms with van der Waals surface area (Å²) in [5.41, 5.74) is 2.56. The van der Waals surface area contributed by atoms with E-state index in [0.29, 0.717) is 6.04 Å². The van der Waals surface area contributed by atoms with E-state index in [1.165, 1.54) is 11.3 Å². The topological polar surface area (TPSA) is 12.0 Å². The summed E-state index contributed by atoms with van der Waals surface area (Å²) in [5.74, 6) is 0. The normalized spacial score (nSPS) is 12.1. The fourth-order valence-electron chi connectivity index (χ4n) is 1.84. The minimum absolute atomic E-state index is 0.449. The van der Waals surface area contributed by atoms with Crippen LogP contribution < -0.4 is 5.32 Å². The fourth-order valence-corrected chi connectivity index (χ4v) is 1.84. The molecule has 0 aliphatic carbocycles. The van der Waals surface area contributed by atoms with Gasteiger partial charge in [-0.25, -0.2) is 0 Å². The van der Waals surface area contributed by atoms with E-state index in [2.05, 4.69) is 66.8 Å². The van der Waals surface area contributed by atoms with Crippen molar-refractivity contribution in [3.63, 3.8) is 0 Å². The van der Waals surface area contributed by atoms with Gasteiger partial charge in [-0.05, 0) is 31.0 Å². The Morgan fingerprint density at radius 2 is 1.44 bits per heavy atom. The van der Waals surface area contributed by atoms with Crippen molar-refractivity contribution in [3.05, 3.63) is 66.2 Å². The molecular weight excluding hydrogens is 194 g/mol. The van der Waals surface area contributed by atoms with E-state index in [-0.39, 0.29) is 0 Å². The van der Waals surface area contributed by atoms with Crippen molar-refractivity contribution in [1.82, 2.24) is 0 Å². The van der Waals surface area contributed by atoms with Crippen molar-refractivity contribution in [3.8, 4) is 0 Å². The van der Waals surface area contributed by atoms with Gasteiger partial charge < -0.3 is 5.32 Å². The molecule has 0 aromatic heterocycles. The lowest BCUT2D eigenvalue weighted by molar-refractivity contribution is 0.790. The molecule has 82 valence electrons. The number of rotatable bonds is 4. The smallest absolute Gasteiger partial charge is 0.0342 e. The molecule has 0 radical (unpaired) electrons. The Kier molecular flexibility index (Phi) is 3.60. The molecule has 0 bridgehead atoms. The van der Waals surface area contributed by atoms with Gasteiger partial charge in [0.05, 0.1) is 0 Å². The van der Waals surface area contributed by atoms with Crippen molar-refractivity contribution in [1.29, 1.82) is 0 Å². The van der Waals surface area contributed by atoms with Crippen LogP contribution in [0.25, 0.3) is 0 Å². The number of para-hydroxylation sites is 1. The van der Waals surface area contributed by atoms with Gasteiger partial charge in [0.1, 0.15) is 0 Å². The number of benzene rings is 2. The second kappa shape index (κ2) is 5.36. The lowest BCUT2D eigenvalue weighted by Crippen LogP contribution is -2.17. The first kappa shape index (κ1) is 10.7. The maximum Gasteiger partial charge on any atom is 0.0342 e. The maximum atomic E-state index is 3.49. The zero-order valence-corrected chi connectivity index (χ0v) is 9.56. The average Bonchev–Trinajstić information content (AvgIpc) is 2.31. The predicted molar refractivity (Wildman–Crippen MR) is 69.7 cm³/mol. The third kappa shape index (κ3) is 3.13. The molecule has 2 rings (SSSR count). The van der Waals surface area contributed by atoms with Crippen LogP contribution in [-0.4, -0.2) is 6.04 Å². The first-order valence-electron chi connectivity index (χ1n) is 5.70. The molecule has 2 aromatic carbocycles.